The molecule has 0 radical (unpaired) electrons. The number of aliphatic hydroxyl groups is 1. The summed E-state index contributed by atoms with van der Waals surface area (Å²) >= 11 is 1.40. The molecule has 0 amide bonds. The van der Waals surface area contributed by atoms with Crippen LogP contribution >= 0.6 is 11.3 Å². The zero-order valence-electron chi connectivity index (χ0n) is 11.4. The minimum absolute atomic E-state index is 0.0630. The number of hydrogen-bond acceptors (Lipinski definition) is 6. The maximum absolute atomic E-state index is 9.50. The van der Waals surface area contributed by atoms with Crippen LogP contribution in [0.15, 0.2) is 42.7 Å². The van der Waals surface area contributed by atoms with Crippen molar-refractivity contribution in [1.82, 2.24) is 15.0 Å². The van der Waals surface area contributed by atoms with Gasteiger partial charge in [0.15, 0.2) is 5.13 Å². The molecule has 5 nitrogen and oxygen atoms in total. The second-order valence-electron chi connectivity index (χ2n) is 4.51. The number of nitrogens with zero attached hydrogens (tertiary/aromatic N) is 3. The Hall–Kier alpha value is -2.31. The monoisotopic (exact) mass is 298 g/mol. The van der Waals surface area contributed by atoms with Gasteiger partial charge in [0.2, 0.25) is 0 Å². The summed E-state index contributed by atoms with van der Waals surface area (Å²) in [6.45, 7) is 1.94. The second-order valence-corrected chi connectivity index (χ2v) is 5.59. The molecule has 0 bridgehead atoms. The van der Waals surface area contributed by atoms with Gasteiger partial charge in [0, 0.05) is 12.4 Å². The zero-order valence-corrected chi connectivity index (χ0v) is 12.3. The molecule has 6 heteroatoms. The fraction of sp³-hybridized carbons (Fsp3) is 0.133. The highest BCUT2D eigenvalue weighted by Crippen LogP contribution is 2.31. The number of rotatable bonds is 4. The fourth-order valence-corrected chi connectivity index (χ4v) is 2.77. The van der Waals surface area contributed by atoms with Crippen LogP contribution in [0.4, 0.5) is 10.9 Å². The van der Waals surface area contributed by atoms with Gasteiger partial charge in [0.1, 0.15) is 11.5 Å². The zero-order chi connectivity index (χ0) is 14.7. The van der Waals surface area contributed by atoms with Crippen molar-refractivity contribution >= 4 is 22.3 Å². The molecule has 3 aromatic heterocycles. The lowest BCUT2D eigenvalue weighted by molar-refractivity contribution is 0.286. The molecule has 0 saturated heterocycles. The molecule has 3 heterocycles. The van der Waals surface area contributed by atoms with E-state index in [9.17, 15) is 5.11 Å². The number of nitrogens with one attached hydrogen (secondary N) is 1. The maximum atomic E-state index is 9.50. The van der Waals surface area contributed by atoms with Crippen molar-refractivity contribution in [3.05, 3.63) is 53.2 Å². The van der Waals surface area contributed by atoms with E-state index in [-0.39, 0.29) is 6.61 Å². The highest BCUT2D eigenvalue weighted by atomic mass is 32.1. The molecule has 0 aliphatic heterocycles. The first kappa shape index (κ1) is 13.7. The molecular weight excluding hydrogens is 284 g/mol. The van der Waals surface area contributed by atoms with Crippen LogP contribution in [-0.2, 0) is 6.61 Å². The van der Waals surface area contributed by atoms with Crippen molar-refractivity contribution in [2.75, 3.05) is 5.32 Å². The van der Waals surface area contributed by atoms with E-state index in [1.165, 1.54) is 11.3 Å². The molecule has 0 aromatic carbocycles. The Balaban J connectivity index is 1.93. The first-order valence-electron chi connectivity index (χ1n) is 6.48. The molecular formula is C15H14N4OS. The molecule has 2 N–H and O–H groups in total. The highest BCUT2D eigenvalue weighted by molar-refractivity contribution is 7.16. The topological polar surface area (TPSA) is 70.9 Å². The molecule has 0 unspecified atom stereocenters. The lowest BCUT2D eigenvalue weighted by atomic mass is 10.2. The number of aromatic nitrogens is 3. The van der Waals surface area contributed by atoms with E-state index < -0.39 is 0 Å². The Labute approximate surface area is 126 Å². The minimum Gasteiger partial charge on any atom is -0.391 e. The molecule has 0 spiro atoms. The third-order valence-corrected chi connectivity index (χ3v) is 3.85. The van der Waals surface area contributed by atoms with Crippen molar-refractivity contribution in [2.24, 2.45) is 0 Å². The Bertz CT molecular complexity index is 742. The van der Waals surface area contributed by atoms with Gasteiger partial charge in [-0.25, -0.2) is 9.97 Å². The van der Waals surface area contributed by atoms with Gasteiger partial charge in [-0.15, -0.1) is 0 Å². The second kappa shape index (κ2) is 5.99. The van der Waals surface area contributed by atoms with Crippen molar-refractivity contribution in [2.45, 2.75) is 13.5 Å². The predicted molar refractivity (Wildman–Crippen MR) is 83.5 cm³/mol. The van der Waals surface area contributed by atoms with E-state index in [0.717, 1.165) is 22.0 Å². The maximum Gasteiger partial charge on any atom is 0.189 e. The lowest BCUT2D eigenvalue weighted by Crippen LogP contribution is -1.93. The average molecular weight is 298 g/mol. The summed E-state index contributed by atoms with van der Waals surface area (Å²) in [5, 5.41) is 13.4. The lowest BCUT2D eigenvalue weighted by Gasteiger charge is -2.01. The number of aliphatic hydroxyl groups excluding tert-OH is 1. The van der Waals surface area contributed by atoms with Gasteiger partial charge in [0.25, 0.3) is 0 Å². The first-order chi connectivity index (χ1) is 10.3. The number of hydrogen-bond donors (Lipinski definition) is 2. The van der Waals surface area contributed by atoms with Crippen LogP contribution in [0.5, 0.6) is 0 Å². The van der Waals surface area contributed by atoms with Gasteiger partial charge in [-0.05, 0) is 36.8 Å². The fourth-order valence-electron chi connectivity index (χ4n) is 1.93. The van der Waals surface area contributed by atoms with Crippen LogP contribution in [0.2, 0.25) is 0 Å². The summed E-state index contributed by atoms with van der Waals surface area (Å²) in [6, 6.07) is 9.51. The molecule has 21 heavy (non-hydrogen) atoms. The summed E-state index contributed by atoms with van der Waals surface area (Å²) in [4.78, 5) is 13.8. The Morgan fingerprint density at radius 1 is 1.19 bits per heavy atom. The van der Waals surface area contributed by atoms with Crippen LogP contribution in [0.3, 0.4) is 0 Å². The number of thiazole rings is 1. The summed E-state index contributed by atoms with van der Waals surface area (Å²) in [7, 11) is 0. The van der Waals surface area contributed by atoms with Crippen LogP contribution in [0, 0.1) is 6.92 Å². The molecule has 3 rings (SSSR count). The standard InChI is InChI=1S/C15H14N4OS/c1-10-5-7-17-13(8-10)18-15-19-14(12(9-20)21-15)11-4-2-3-6-16-11/h2-8,20H,9H2,1H3,(H,17,18,19). The van der Waals surface area contributed by atoms with Crippen LogP contribution in [0.1, 0.15) is 10.4 Å². The molecule has 106 valence electrons. The van der Waals surface area contributed by atoms with Crippen LogP contribution < -0.4 is 5.32 Å². The van der Waals surface area contributed by atoms with Crippen molar-refractivity contribution < 1.29 is 5.11 Å². The quantitative estimate of drug-likeness (QED) is 0.774. The smallest absolute Gasteiger partial charge is 0.189 e. The largest absolute Gasteiger partial charge is 0.391 e. The average Bonchev–Trinajstić information content (AvgIpc) is 2.91. The first-order valence-corrected chi connectivity index (χ1v) is 7.29. The van der Waals surface area contributed by atoms with E-state index >= 15 is 0 Å². The molecule has 0 saturated carbocycles. The SMILES string of the molecule is Cc1ccnc(Nc2nc(-c3ccccn3)c(CO)s2)c1. The van der Waals surface area contributed by atoms with E-state index in [2.05, 4.69) is 20.3 Å². The Kier molecular flexibility index (Phi) is 3.89. The van der Waals surface area contributed by atoms with E-state index in [0.29, 0.717) is 10.8 Å². The Morgan fingerprint density at radius 3 is 2.81 bits per heavy atom. The van der Waals surface area contributed by atoms with Gasteiger partial charge in [-0.2, -0.15) is 0 Å². The minimum atomic E-state index is -0.0630. The highest BCUT2D eigenvalue weighted by Gasteiger charge is 2.13. The van der Waals surface area contributed by atoms with Crippen molar-refractivity contribution in [1.29, 1.82) is 0 Å². The third kappa shape index (κ3) is 3.07. The van der Waals surface area contributed by atoms with Gasteiger partial charge < -0.3 is 10.4 Å². The summed E-state index contributed by atoms with van der Waals surface area (Å²) in [5.74, 6) is 0.737. The molecule has 0 fully saturated rings. The third-order valence-electron chi connectivity index (χ3n) is 2.90. The summed E-state index contributed by atoms with van der Waals surface area (Å²) < 4.78 is 0. The summed E-state index contributed by atoms with van der Waals surface area (Å²) in [6.07, 6.45) is 3.46. The summed E-state index contributed by atoms with van der Waals surface area (Å²) in [5.41, 5.74) is 2.58. The van der Waals surface area contributed by atoms with Gasteiger partial charge in [-0.3, -0.25) is 4.98 Å². The number of anilines is 2. The Morgan fingerprint density at radius 2 is 2.10 bits per heavy atom. The normalized spacial score (nSPS) is 10.6. The molecule has 0 aliphatic carbocycles. The molecule has 0 aliphatic rings. The van der Waals surface area contributed by atoms with E-state index in [4.69, 9.17) is 0 Å². The van der Waals surface area contributed by atoms with Gasteiger partial charge >= 0.3 is 0 Å². The molecule has 0 atom stereocenters. The van der Waals surface area contributed by atoms with Gasteiger partial charge in [0.05, 0.1) is 17.2 Å². The predicted octanol–water partition coefficient (Wildman–Crippen LogP) is 3.14. The molecule has 3 aromatic rings. The van der Waals surface area contributed by atoms with Crippen molar-refractivity contribution in [3.8, 4) is 11.4 Å². The van der Waals surface area contributed by atoms with Crippen LogP contribution in [0.25, 0.3) is 11.4 Å². The number of aryl methyl sites for hydroxylation is 1. The number of pyridine rings is 2. The van der Waals surface area contributed by atoms with Crippen LogP contribution in [-0.4, -0.2) is 20.1 Å². The van der Waals surface area contributed by atoms with Gasteiger partial charge in [-0.1, -0.05) is 17.4 Å². The van der Waals surface area contributed by atoms with E-state index in [1.54, 1.807) is 12.4 Å². The van der Waals surface area contributed by atoms with E-state index in [1.807, 2.05) is 37.3 Å². The van der Waals surface area contributed by atoms with Crippen molar-refractivity contribution in [3.63, 3.8) is 0 Å².